The van der Waals surface area contributed by atoms with Crippen LogP contribution < -0.4 is 10.9 Å². The van der Waals surface area contributed by atoms with Gasteiger partial charge < -0.3 is 25.0 Å². The largest absolute Gasteiger partial charge is 0.395 e. The number of nitrogens with zero attached hydrogens (tertiary/aromatic N) is 2. The van der Waals surface area contributed by atoms with Crippen molar-refractivity contribution < 1.29 is 19.8 Å². The fourth-order valence-electron chi connectivity index (χ4n) is 4.94. The first kappa shape index (κ1) is 27.3. The van der Waals surface area contributed by atoms with Crippen LogP contribution in [0, 0.1) is 0 Å². The van der Waals surface area contributed by atoms with E-state index in [0.717, 1.165) is 11.1 Å². The Balaban J connectivity index is 1.47. The van der Waals surface area contributed by atoms with Crippen LogP contribution in [-0.2, 0) is 11.3 Å². The van der Waals surface area contributed by atoms with E-state index < -0.39 is 11.5 Å². The summed E-state index contributed by atoms with van der Waals surface area (Å²) in [6.45, 7) is 2.74. The third kappa shape index (κ3) is 6.57. The average molecular weight is 518 g/mol. The number of carbonyl (C=O) groups excluding carboxylic acids is 2. The molecule has 1 aliphatic rings. The van der Waals surface area contributed by atoms with Crippen LogP contribution in [0.2, 0.25) is 0 Å². The molecule has 1 fully saturated rings. The first-order valence-electron chi connectivity index (χ1n) is 13.0. The number of likely N-dealkylation sites (tertiary alicyclic amines) is 1. The Morgan fingerprint density at radius 2 is 1.66 bits per heavy atom. The van der Waals surface area contributed by atoms with Gasteiger partial charge in [0.05, 0.1) is 24.3 Å². The summed E-state index contributed by atoms with van der Waals surface area (Å²) in [4.78, 5) is 40.7. The molecule has 1 atom stereocenters. The van der Waals surface area contributed by atoms with Crippen molar-refractivity contribution in [3.05, 3.63) is 94.4 Å². The van der Waals surface area contributed by atoms with Crippen LogP contribution in [-0.4, -0.2) is 63.3 Å². The number of aliphatic hydroxyl groups excluding tert-OH is 1. The van der Waals surface area contributed by atoms with Crippen LogP contribution in [0.15, 0.2) is 77.7 Å². The molecule has 2 amide bonds. The van der Waals surface area contributed by atoms with Gasteiger partial charge in [0.2, 0.25) is 5.91 Å². The highest BCUT2D eigenvalue weighted by Crippen LogP contribution is 2.28. The topological polar surface area (TPSA) is 112 Å². The third-order valence-corrected chi connectivity index (χ3v) is 7.21. The van der Waals surface area contributed by atoms with E-state index in [4.69, 9.17) is 5.11 Å². The molecular formula is C30H35N3O5. The van der Waals surface area contributed by atoms with Gasteiger partial charge in [-0.05, 0) is 29.9 Å². The molecule has 8 nitrogen and oxygen atoms in total. The SMILES string of the molecule is CC(CC(=O)N1CCC(O)(Cn2cc(C(=O)NCCO)c(-c3ccccc3)cc2=O)CC1)c1ccccc1. The minimum atomic E-state index is -1.18. The van der Waals surface area contributed by atoms with E-state index >= 15 is 0 Å². The molecule has 2 heterocycles. The van der Waals surface area contributed by atoms with Gasteiger partial charge in [-0.2, -0.15) is 0 Å². The second-order valence-electron chi connectivity index (χ2n) is 10.0. The lowest BCUT2D eigenvalue weighted by Crippen LogP contribution is -2.49. The Morgan fingerprint density at radius 1 is 1.03 bits per heavy atom. The molecule has 3 N–H and O–H groups in total. The molecule has 1 saturated heterocycles. The number of hydrogen-bond acceptors (Lipinski definition) is 5. The highest BCUT2D eigenvalue weighted by atomic mass is 16.3. The maximum atomic E-state index is 13.1. The molecule has 2 aromatic carbocycles. The van der Waals surface area contributed by atoms with Gasteiger partial charge in [0.25, 0.3) is 11.5 Å². The molecule has 200 valence electrons. The predicted molar refractivity (Wildman–Crippen MR) is 146 cm³/mol. The van der Waals surface area contributed by atoms with Crippen LogP contribution in [0.4, 0.5) is 0 Å². The van der Waals surface area contributed by atoms with Crippen LogP contribution >= 0.6 is 0 Å². The van der Waals surface area contributed by atoms with Crippen molar-refractivity contribution in [2.24, 2.45) is 0 Å². The van der Waals surface area contributed by atoms with Gasteiger partial charge >= 0.3 is 0 Å². The van der Waals surface area contributed by atoms with Crippen LogP contribution in [0.3, 0.4) is 0 Å². The van der Waals surface area contributed by atoms with Crippen LogP contribution in [0.5, 0.6) is 0 Å². The second kappa shape index (κ2) is 12.2. The van der Waals surface area contributed by atoms with E-state index in [1.165, 1.54) is 16.8 Å². The van der Waals surface area contributed by atoms with Gasteiger partial charge in [-0.3, -0.25) is 14.4 Å². The molecule has 8 heteroatoms. The van der Waals surface area contributed by atoms with Crippen LogP contribution in [0.25, 0.3) is 11.1 Å². The summed E-state index contributed by atoms with van der Waals surface area (Å²) in [6.07, 6.45) is 2.54. The highest BCUT2D eigenvalue weighted by Gasteiger charge is 2.35. The molecule has 0 spiro atoms. The molecule has 0 bridgehead atoms. The molecule has 0 radical (unpaired) electrons. The molecular weight excluding hydrogens is 482 g/mol. The molecule has 1 unspecified atom stereocenters. The Hall–Kier alpha value is -3.75. The summed E-state index contributed by atoms with van der Waals surface area (Å²) >= 11 is 0. The Morgan fingerprint density at radius 3 is 2.29 bits per heavy atom. The quantitative estimate of drug-likeness (QED) is 0.404. The lowest BCUT2D eigenvalue weighted by Gasteiger charge is -2.39. The number of pyridine rings is 1. The second-order valence-corrected chi connectivity index (χ2v) is 10.0. The number of amides is 2. The molecule has 0 saturated carbocycles. The van der Waals surface area contributed by atoms with Gasteiger partial charge in [-0.25, -0.2) is 0 Å². The van der Waals surface area contributed by atoms with Gasteiger partial charge in [0.1, 0.15) is 0 Å². The van der Waals surface area contributed by atoms with Crippen molar-refractivity contribution in [1.29, 1.82) is 0 Å². The standard InChI is InChI=1S/C30H35N3O5/c1-22(23-8-4-2-5-9-23)18-27(35)32-15-12-30(38,13-16-32)21-33-20-26(29(37)31-14-17-34)25(19-28(33)36)24-10-6-3-7-11-24/h2-11,19-20,22,34,38H,12-18,21H2,1H3,(H,31,37). The van der Waals surface area contributed by atoms with Gasteiger partial charge in [-0.1, -0.05) is 67.6 Å². The van der Waals surface area contributed by atoms with Gasteiger partial charge in [-0.15, -0.1) is 0 Å². The minimum Gasteiger partial charge on any atom is -0.395 e. The number of carbonyl (C=O) groups is 2. The van der Waals surface area contributed by atoms with E-state index in [9.17, 15) is 19.5 Å². The zero-order valence-corrected chi connectivity index (χ0v) is 21.7. The highest BCUT2D eigenvalue weighted by molar-refractivity contribution is 6.00. The fourth-order valence-corrected chi connectivity index (χ4v) is 4.94. The summed E-state index contributed by atoms with van der Waals surface area (Å²) < 4.78 is 1.37. The summed E-state index contributed by atoms with van der Waals surface area (Å²) in [5.74, 6) is -0.260. The van der Waals surface area contributed by atoms with Crippen molar-refractivity contribution in [2.45, 2.75) is 44.2 Å². The number of aliphatic hydroxyl groups is 2. The maximum absolute atomic E-state index is 13.1. The maximum Gasteiger partial charge on any atom is 0.253 e. The van der Waals surface area contributed by atoms with Crippen molar-refractivity contribution in [3.8, 4) is 11.1 Å². The van der Waals surface area contributed by atoms with E-state index in [1.807, 2.05) is 67.6 Å². The average Bonchev–Trinajstić information content (AvgIpc) is 2.93. The van der Waals surface area contributed by atoms with Crippen molar-refractivity contribution in [1.82, 2.24) is 14.8 Å². The molecule has 3 aromatic rings. The number of hydrogen-bond donors (Lipinski definition) is 3. The Bertz CT molecular complexity index is 1300. The number of nitrogens with one attached hydrogen (secondary N) is 1. The van der Waals surface area contributed by atoms with Crippen molar-refractivity contribution >= 4 is 11.8 Å². The van der Waals surface area contributed by atoms with E-state index in [-0.39, 0.29) is 42.6 Å². The van der Waals surface area contributed by atoms with Gasteiger partial charge in [0.15, 0.2) is 0 Å². The summed E-state index contributed by atoms with van der Waals surface area (Å²) in [6, 6.07) is 20.5. The zero-order valence-electron chi connectivity index (χ0n) is 21.7. The lowest BCUT2D eigenvalue weighted by atomic mass is 9.90. The van der Waals surface area contributed by atoms with Gasteiger partial charge in [0, 0.05) is 43.9 Å². The normalized spacial score (nSPS) is 15.6. The van der Waals surface area contributed by atoms with E-state index in [2.05, 4.69) is 5.32 Å². The molecule has 38 heavy (non-hydrogen) atoms. The van der Waals surface area contributed by atoms with E-state index in [0.29, 0.717) is 37.9 Å². The van der Waals surface area contributed by atoms with E-state index in [1.54, 1.807) is 4.90 Å². The summed E-state index contributed by atoms with van der Waals surface area (Å²) in [5.41, 5.74) is 1.11. The minimum absolute atomic E-state index is 0.0175. The Labute approximate surface area is 222 Å². The number of rotatable bonds is 9. The van der Waals surface area contributed by atoms with Crippen LogP contribution in [0.1, 0.15) is 48.0 Å². The molecule has 0 aliphatic carbocycles. The Kier molecular flexibility index (Phi) is 8.76. The predicted octanol–water partition coefficient (Wildman–Crippen LogP) is 2.78. The van der Waals surface area contributed by atoms with Crippen molar-refractivity contribution in [2.75, 3.05) is 26.2 Å². The lowest BCUT2D eigenvalue weighted by molar-refractivity contribution is -0.136. The van der Waals surface area contributed by atoms with Crippen molar-refractivity contribution in [3.63, 3.8) is 0 Å². The molecule has 1 aromatic heterocycles. The summed E-state index contributed by atoms with van der Waals surface area (Å²) in [7, 11) is 0. The number of piperidine rings is 1. The summed E-state index contributed by atoms with van der Waals surface area (Å²) in [5, 5.41) is 23.1. The monoisotopic (exact) mass is 517 g/mol. The molecule has 4 rings (SSSR count). The molecule has 1 aliphatic heterocycles. The first-order valence-corrected chi connectivity index (χ1v) is 13.0. The smallest absolute Gasteiger partial charge is 0.253 e. The third-order valence-electron chi connectivity index (χ3n) is 7.21. The first-order chi connectivity index (χ1) is 18.3. The fraction of sp³-hybridized carbons (Fsp3) is 0.367. The number of aromatic nitrogens is 1. The zero-order chi connectivity index (χ0) is 27.1. The number of benzene rings is 2.